The summed E-state index contributed by atoms with van der Waals surface area (Å²) in [6.45, 7) is 6.91. The lowest BCUT2D eigenvalue weighted by atomic mass is 9.91. The number of hydrogen-bond acceptors (Lipinski definition) is 2. The van der Waals surface area contributed by atoms with Crippen LogP contribution in [0.5, 0.6) is 0 Å². The highest BCUT2D eigenvalue weighted by Gasteiger charge is 2.35. The van der Waals surface area contributed by atoms with Crippen molar-refractivity contribution in [1.82, 2.24) is 4.90 Å². The molecule has 0 fully saturated rings. The van der Waals surface area contributed by atoms with Crippen molar-refractivity contribution in [2.75, 3.05) is 0 Å². The van der Waals surface area contributed by atoms with Crippen LogP contribution in [0.25, 0.3) is 0 Å². The highest BCUT2D eigenvalue weighted by molar-refractivity contribution is 5.83. The minimum atomic E-state index is -0.972. The van der Waals surface area contributed by atoms with E-state index in [2.05, 4.69) is 0 Å². The van der Waals surface area contributed by atoms with Gasteiger partial charge < -0.3 is 10.0 Å². The molecule has 1 aromatic carbocycles. The molecule has 0 radical (unpaired) electrons. The lowest BCUT2D eigenvalue weighted by Crippen LogP contribution is -2.50. The van der Waals surface area contributed by atoms with Gasteiger partial charge >= 0.3 is 5.97 Å². The van der Waals surface area contributed by atoms with Gasteiger partial charge in [-0.3, -0.25) is 4.79 Å². The molecule has 1 rings (SSSR count). The third-order valence-electron chi connectivity index (χ3n) is 3.27. The number of carbonyl (C=O) groups is 2. The van der Waals surface area contributed by atoms with Gasteiger partial charge in [-0.25, -0.2) is 4.79 Å². The van der Waals surface area contributed by atoms with Crippen LogP contribution in [0.4, 0.5) is 0 Å². The largest absolute Gasteiger partial charge is 0.480 e. The maximum atomic E-state index is 11.7. The molecule has 19 heavy (non-hydrogen) atoms. The quantitative estimate of drug-likeness (QED) is 0.888. The van der Waals surface area contributed by atoms with Gasteiger partial charge in [0.2, 0.25) is 5.91 Å². The van der Waals surface area contributed by atoms with Crippen LogP contribution in [-0.2, 0) is 9.59 Å². The first-order valence-corrected chi connectivity index (χ1v) is 6.43. The summed E-state index contributed by atoms with van der Waals surface area (Å²) in [6, 6.07) is 8.41. The SMILES string of the molecule is CC(=O)N(C(C)C)C(C(=O)O)C(C)c1ccccc1. The first-order valence-electron chi connectivity index (χ1n) is 6.43. The van der Waals surface area contributed by atoms with Gasteiger partial charge in [0.15, 0.2) is 0 Å². The molecule has 0 heterocycles. The zero-order valence-corrected chi connectivity index (χ0v) is 11.8. The minimum Gasteiger partial charge on any atom is -0.480 e. The molecule has 0 aliphatic heterocycles. The van der Waals surface area contributed by atoms with Crippen LogP contribution in [0, 0.1) is 0 Å². The van der Waals surface area contributed by atoms with Crippen molar-refractivity contribution in [3.8, 4) is 0 Å². The molecule has 104 valence electrons. The average Bonchev–Trinajstić information content (AvgIpc) is 2.34. The Morgan fingerprint density at radius 3 is 2.00 bits per heavy atom. The number of hydrogen-bond donors (Lipinski definition) is 1. The maximum absolute atomic E-state index is 11.7. The fourth-order valence-electron chi connectivity index (χ4n) is 2.39. The normalized spacial score (nSPS) is 13.9. The van der Waals surface area contributed by atoms with Crippen molar-refractivity contribution in [3.05, 3.63) is 35.9 Å². The molecular formula is C15H21NO3. The van der Waals surface area contributed by atoms with Crippen molar-refractivity contribution in [1.29, 1.82) is 0 Å². The predicted octanol–water partition coefficient (Wildman–Crippen LogP) is 2.50. The van der Waals surface area contributed by atoms with Gasteiger partial charge in [0, 0.05) is 18.9 Å². The van der Waals surface area contributed by atoms with E-state index in [0.29, 0.717) is 0 Å². The van der Waals surface area contributed by atoms with Crippen LogP contribution in [0.2, 0.25) is 0 Å². The summed E-state index contributed by atoms with van der Waals surface area (Å²) in [4.78, 5) is 24.7. The number of nitrogens with zero attached hydrogens (tertiary/aromatic N) is 1. The van der Waals surface area contributed by atoms with Gasteiger partial charge in [0.05, 0.1) is 0 Å². The Bertz CT molecular complexity index is 442. The number of aliphatic carboxylic acids is 1. The van der Waals surface area contributed by atoms with Gasteiger partial charge in [-0.1, -0.05) is 37.3 Å². The van der Waals surface area contributed by atoms with Crippen molar-refractivity contribution in [3.63, 3.8) is 0 Å². The molecule has 1 aromatic rings. The fraction of sp³-hybridized carbons (Fsp3) is 0.467. The topological polar surface area (TPSA) is 57.6 Å². The molecular weight excluding hydrogens is 242 g/mol. The minimum absolute atomic E-state index is 0.148. The Morgan fingerprint density at radius 2 is 1.63 bits per heavy atom. The van der Waals surface area contributed by atoms with Gasteiger partial charge in [0.1, 0.15) is 6.04 Å². The number of rotatable bonds is 5. The molecule has 0 bridgehead atoms. The highest BCUT2D eigenvalue weighted by atomic mass is 16.4. The molecule has 1 N–H and O–H groups in total. The van der Waals surface area contributed by atoms with E-state index in [9.17, 15) is 14.7 Å². The number of carboxylic acids is 1. The summed E-state index contributed by atoms with van der Waals surface area (Å²) in [7, 11) is 0. The molecule has 0 aliphatic carbocycles. The Morgan fingerprint density at radius 1 is 1.11 bits per heavy atom. The lowest BCUT2D eigenvalue weighted by Gasteiger charge is -2.35. The smallest absolute Gasteiger partial charge is 0.327 e. The number of carboxylic acid groups (broad SMARTS) is 1. The summed E-state index contributed by atoms with van der Waals surface area (Å²) >= 11 is 0. The number of amides is 1. The molecule has 4 nitrogen and oxygen atoms in total. The zero-order chi connectivity index (χ0) is 14.6. The fourth-order valence-corrected chi connectivity index (χ4v) is 2.39. The number of carbonyl (C=O) groups excluding carboxylic acids is 1. The molecule has 0 spiro atoms. The molecule has 0 aromatic heterocycles. The molecule has 2 atom stereocenters. The van der Waals surface area contributed by atoms with E-state index in [1.54, 1.807) is 0 Å². The summed E-state index contributed by atoms with van der Waals surface area (Å²) in [5.41, 5.74) is 0.918. The third kappa shape index (κ3) is 3.56. The van der Waals surface area contributed by atoms with Crippen LogP contribution in [0.3, 0.4) is 0 Å². The second-order valence-corrected chi connectivity index (χ2v) is 5.00. The standard InChI is InChI=1S/C15H21NO3/c1-10(2)16(12(4)17)14(15(18)19)11(3)13-8-6-5-7-9-13/h5-11,14H,1-4H3,(H,18,19). The summed E-state index contributed by atoms with van der Waals surface area (Å²) in [5.74, 6) is -1.45. The van der Waals surface area contributed by atoms with E-state index >= 15 is 0 Å². The van der Waals surface area contributed by atoms with E-state index in [1.165, 1.54) is 11.8 Å². The number of benzene rings is 1. The Labute approximate surface area is 114 Å². The molecule has 4 heteroatoms. The molecule has 1 amide bonds. The molecule has 0 saturated carbocycles. The molecule has 0 saturated heterocycles. The van der Waals surface area contributed by atoms with E-state index in [4.69, 9.17) is 0 Å². The van der Waals surface area contributed by atoms with E-state index in [0.717, 1.165) is 5.56 Å². The van der Waals surface area contributed by atoms with Crippen LogP contribution in [0.1, 0.15) is 39.2 Å². The van der Waals surface area contributed by atoms with Crippen LogP contribution >= 0.6 is 0 Å². The van der Waals surface area contributed by atoms with E-state index in [-0.39, 0.29) is 17.9 Å². The second kappa shape index (κ2) is 6.36. The van der Waals surface area contributed by atoms with E-state index < -0.39 is 12.0 Å². The summed E-state index contributed by atoms with van der Waals surface area (Å²) in [5, 5.41) is 9.48. The van der Waals surface area contributed by atoms with Crippen molar-refractivity contribution < 1.29 is 14.7 Å². The molecule has 2 unspecified atom stereocenters. The third-order valence-corrected chi connectivity index (χ3v) is 3.27. The first kappa shape index (κ1) is 15.2. The van der Waals surface area contributed by atoms with Gasteiger partial charge in [-0.15, -0.1) is 0 Å². The van der Waals surface area contributed by atoms with Crippen molar-refractivity contribution in [2.24, 2.45) is 0 Å². The Kier molecular flexibility index (Phi) is 5.10. The van der Waals surface area contributed by atoms with Gasteiger partial charge in [-0.05, 0) is 19.4 Å². The maximum Gasteiger partial charge on any atom is 0.327 e. The highest BCUT2D eigenvalue weighted by Crippen LogP contribution is 2.25. The average molecular weight is 263 g/mol. The van der Waals surface area contributed by atoms with Crippen LogP contribution in [0.15, 0.2) is 30.3 Å². The Balaban J connectivity index is 3.13. The van der Waals surface area contributed by atoms with Crippen LogP contribution < -0.4 is 0 Å². The Hall–Kier alpha value is -1.84. The zero-order valence-electron chi connectivity index (χ0n) is 11.8. The first-order chi connectivity index (χ1) is 8.86. The van der Waals surface area contributed by atoms with Gasteiger partial charge in [0.25, 0.3) is 0 Å². The second-order valence-electron chi connectivity index (χ2n) is 5.00. The predicted molar refractivity (Wildman–Crippen MR) is 73.9 cm³/mol. The van der Waals surface area contributed by atoms with Gasteiger partial charge in [-0.2, -0.15) is 0 Å². The van der Waals surface area contributed by atoms with Crippen molar-refractivity contribution in [2.45, 2.75) is 45.7 Å². The van der Waals surface area contributed by atoms with Crippen molar-refractivity contribution >= 4 is 11.9 Å². The molecule has 0 aliphatic rings. The lowest BCUT2D eigenvalue weighted by molar-refractivity contribution is -0.152. The monoisotopic (exact) mass is 263 g/mol. The van der Waals surface area contributed by atoms with Crippen LogP contribution in [-0.4, -0.2) is 34.0 Å². The summed E-state index contributed by atoms with van der Waals surface area (Å²) in [6.07, 6.45) is 0. The van der Waals surface area contributed by atoms with E-state index in [1.807, 2.05) is 51.1 Å². The summed E-state index contributed by atoms with van der Waals surface area (Å²) < 4.78 is 0.